The van der Waals surface area contributed by atoms with Crippen LogP contribution in [0.25, 0.3) is 0 Å². The van der Waals surface area contributed by atoms with E-state index < -0.39 is 0 Å². The molecule has 13 heavy (non-hydrogen) atoms. The summed E-state index contributed by atoms with van der Waals surface area (Å²) >= 11 is 0. The maximum absolute atomic E-state index is 3.50. The fraction of sp³-hybridized carbons (Fsp3) is 1.00. The monoisotopic (exact) mass is 185 g/mol. The molecular formula is C12H27N. The van der Waals surface area contributed by atoms with E-state index in [9.17, 15) is 0 Å². The average molecular weight is 185 g/mol. The first-order valence-electron chi connectivity index (χ1n) is 5.77. The molecule has 0 aromatic heterocycles. The zero-order valence-electron chi connectivity index (χ0n) is 9.95. The topological polar surface area (TPSA) is 12.0 Å². The summed E-state index contributed by atoms with van der Waals surface area (Å²) in [6.45, 7) is 11.4. The highest BCUT2D eigenvalue weighted by atomic mass is 14.9. The van der Waals surface area contributed by atoms with Crippen molar-refractivity contribution in [1.82, 2.24) is 5.32 Å². The minimum Gasteiger partial charge on any atom is -0.316 e. The molecule has 0 atom stereocenters. The molecule has 80 valence electrons. The SMILES string of the molecule is CCCCCCCNCC(C)(C)C. The molecule has 0 heterocycles. The van der Waals surface area contributed by atoms with Crippen LogP contribution in [-0.4, -0.2) is 13.1 Å². The standard InChI is InChI=1S/C12H27N/c1-5-6-7-8-9-10-13-11-12(2,3)4/h13H,5-11H2,1-4H3. The van der Waals surface area contributed by atoms with E-state index in [4.69, 9.17) is 0 Å². The van der Waals surface area contributed by atoms with E-state index in [0.29, 0.717) is 5.41 Å². The fourth-order valence-electron chi connectivity index (χ4n) is 1.32. The van der Waals surface area contributed by atoms with Gasteiger partial charge in [-0.3, -0.25) is 0 Å². The number of unbranched alkanes of at least 4 members (excludes halogenated alkanes) is 4. The van der Waals surface area contributed by atoms with Gasteiger partial charge in [0.1, 0.15) is 0 Å². The lowest BCUT2D eigenvalue weighted by Crippen LogP contribution is -2.27. The summed E-state index contributed by atoms with van der Waals surface area (Å²) in [5, 5.41) is 3.50. The van der Waals surface area contributed by atoms with Gasteiger partial charge in [-0.15, -0.1) is 0 Å². The molecule has 0 saturated heterocycles. The van der Waals surface area contributed by atoms with Crippen LogP contribution in [0.2, 0.25) is 0 Å². The minimum atomic E-state index is 0.434. The number of nitrogens with one attached hydrogen (secondary N) is 1. The van der Waals surface area contributed by atoms with Gasteiger partial charge in [0.2, 0.25) is 0 Å². The highest BCUT2D eigenvalue weighted by molar-refractivity contribution is 4.64. The van der Waals surface area contributed by atoms with Crippen molar-refractivity contribution < 1.29 is 0 Å². The van der Waals surface area contributed by atoms with Crippen LogP contribution >= 0.6 is 0 Å². The molecule has 1 heteroatoms. The van der Waals surface area contributed by atoms with Crippen molar-refractivity contribution in [2.24, 2.45) is 5.41 Å². The van der Waals surface area contributed by atoms with Crippen molar-refractivity contribution in [2.45, 2.75) is 59.8 Å². The van der Waals surface area contributed by atoms with Gasteiger partial charge in [-0.25, -0.2) is 0 Å². The van der Waals surface area contributed by atoms with Crippen LogP contribution in [0.5, 0.6) is 0 Å². The molecule has 0 saturated carbocycles. The van der Waals surface area contributed by atoms with Crippen molar-refractivity contribution in [2.75, 3.05) is 13.1 Å². The summed E-state index contributed by atoms with van der Waals surface area (Å²) in [6.07, 6.45) is 6.89. The van der Waals surface area contributed by atoms with Crippen molar-refractivity contribution in [3.05, 3.63) is 0 Å². The maximum Gasteiger partial charge on any atom is -0.0000126 e. The summed E-state index contributed by atoms with van der Waals surface area (Å²) in [5.41, 5.74) is 0.434. The Morgan fingerprint density at radius 3 is 2.08 bits per heavy atom. The lowest BCUT2D eigenvalue weighted by molar-refractivity contribution is 0.377. The van der Waals surface area contributed by atoms with Crippen molar-refractivity contribution in [3.63, 3.8) is 0 Å². The molecule has 0 aromatic rings. The molecular weight excluding hydrogens is 158 g/mol. The predicted octanol–water partition coefficient (Wildman–Crippen LogP) is 3.59. The third kappa shape index (κ3) is 12.0. The van der Waals surface area contributed by atoms with Crippen LogP contribution in [0.1, 0.15) is 59.8 Å². The summed E-state index contributed by atoms with van der Waals surface area (Å²) < 4.78 is 0. The Hall–Kier alpha value is -0.0400. The van der Waals surface area contributed by atoms with Crippen LogP contribution in [0, 0.1) is 5.41 Å². The largest absolute Gasteiger partial charge is 0.316 e. The molecule has 0 amide bonds. The van der Waals surface area contributed by atoms with Gasteiger partial charge in [-0.05, 0) is 24.9 Å². The minimum absolute atomic E-state index is 0.434. The summed E-state index contributed by atoms with van der Waals surface area (Å²) in [5.74, 6) is 0. The molecule has 0 spiro atoms. The van der Waals surface area contributed by atoms with Crippen molar-refractivity contribution in [3.8, 4) is 0 Å². The van der Waals surface area contributed by atoms with Gasteiger partial charge in [-0.1, -0.05) is 53.4 Å². The van der Waals surface area contributed by atoms with Gasteiger partial charge in [0.05, 0.1) is 0 Å². The Morgan fingerprint density at radius 2 is 1.54 bits per heavy atom. The Bertz CT molecular complexity index is 102. The van der Waals surface area contributed by atoms with E-state index in [-0.39, 0.29) is 0 Å². The summed E-state index contributed by atoms with van der Waals surface area (Å²) in [4.78, 5) is 0. The second kappa shape index (κ2) is 7.37. The zero-order valence-corrected chi connectivity index (χ0v) is 9.95. The molecule has 0 aliphatic carbocycles. The van der Waals surface area contributed by atoms with E-state index in [1.807, 2.05) is 0 Å². The lowest BCUT2D eigenvalue weighted by Gasteiger charge is -2.18. The lowest BCUT2D eigenvalue weighted by atomic mass is 9.97. The van der Waals surface area contributed by atoms with Crippen molar-refractivity contribution >= 4 is 0 Å². The molecule has 0 aromatic carbocycles. The summed E-state index contributed by atoms with van der Waals surface area (Å²) in [7, 11) is 0. The maximum atomic E-state index is 3.50. The highest BCUT2D eigenvalue weighted by Crippen LogP contribution is 2.10. The highest BCUT2D eigenvalue weighted by Gasteiger charge is 2.07. The van der Waals surface area contributed by atoms with Crippen molar-refractivity contribution in [1.29, 1.82) is 0 Å². The molecule has 0 bridgehead atoms. The van der Waals surface area contributed by atoms with Gasteiger partial charge < -0.3 is 5.32 Å². The second-order valence-electron chi connectivity index (χ2n) is 5.15. The first-order chi connectivity index (χ1) is 6.06. The van der Waals surface area contributed by atoms with Gasteiger partial charge in [0.25, 0.3) is 0 Å². The van der Waals surface area contributed by atoms with Gasteiger partial charge in [0, 0.05) is 0 Å². The Kier molecular flexibility index (Phi) is 7.35. The molecule has 1 N–H and O–H groups in total. The zero-order chi connectivity index (χ0) is 10.2. The van der Waals surface area contributed by atoms with Crippen LogP contribution in [0.4, 0.5) is 0 Å². The van der Waals surface area contributed by atoms with E-state index in [2.05, 4.69) is 33.0 Å². The predicted molar refractivity (Wildman–Crippen MR) is 61.1 cm³/mol. The van der Waals surface area contributed by atoms with Crippen LogP contribution in [0.3, 0.4) is 0 Å². The number of hydrogen-bond donors (Lipinski definition) is 1. The molecule has 0 aliphatic rings. The molecule has 0 aliphatic heterocycles. The van der Waals surface area contributed by atoms with Gasteiger partial charge >= 0.3 is 0 Å². The Morgan fingerprint density at radius 1 is 0.923 bits per heavy atom. The van der Waals surface area contributed by atoms with Crippen LogP contribution in [-0.2, 0) is 0 Å². The third-order valence-corrected chi connectivity index (χ3v) is 2.11. The van der Waals surface area contributed by atoms with E-state index in [0.717, 1.165) is 6.54 Å². The van der Waals surface area contributed by atoms with Gasteiger partial charge in [0.15, 0.2) is 0 Å². The Labute approximate surface area is 84.3 Å². The average Bonchev–Trinajstić information content (AvgIpc) is 2.01. The van der Waals surface area contributed by atoms with Gasteiger partial charge in [-0.2, -0.15) is 0 Å². The fourth-order valence-corrected chi connectivity index (χ4v) is 1.32. The molecule has 0 unspecified atom stereocenters. The molecule has 0 fully saturated rings. The summed E-state index contributed by atoms with van der Waals surface area (Å²) in [6, 6.07) is 0. The third-order valence-electron chi connectivity index (χ3n) is 2.11. The molecule has 0 rings (SSSR count). The van der Waals surface area contributed by atoms with Crippen LogP contribution in [0.15, 0.2) is 0 Å². The first-order valence-corrected chi connectivity index (χ1v) is 5.77. The smallest absolute Gasteiger partial charge is 0.0000126 e. The van der Waals surface area contributed by atoms with E-state index >= 15 is 0 Å². The number of rotatable bonds is 7. The molecule has 0 radical (unpaired) electrons. The second-order valence-corrected chi connectivity index (χ2v) is 5.15. The first kappa shape index (κ1) is 13.0. The van der Waals surface area contributed by atoms with E-state index in [1.54, 1.807) is 0 Å². The molecule has 1 nitrogen and oxygen atoms in total. The quantitative estimate of drug-likeness (QED) is 0.598. The number of hydrogen-bond acceptors (Lipinski definition) is 1. The Balaban J connectivity index is 3.00. The normalized spacial score (nSPS) is 12.0. The van der Waals surface area contributed by atoms with E-state index in [1.165, 1.54) is 38.6 Å². The van der Waals surface area contributed by atoms with Crippen LogP contribution < -0.4 is 5.32 Å².